The van der Waals surface area contributed by atoms with E-state index in [1.807, 2.05) is 42.2 Å². The summed E-state index contributed by atoms with van der Waals surface area (Å²) in [6.45, 7) is 5.75. The number of carbonyl (C=O) groups is 1. The molecule has 0 radical (unpaired) electrons. The minimum atomic E-state index is -0.438. The lowest BCUT2D eigenvalue weighted by molar-refractivity contribution is -0.139. The molecule has 3 nitrogen and oxygen atoms in total. The van der Waals surface area contributed by atoms with Crippen LogP contribution in [0.25, 0.3) is 10.8 Å². The molecule has 2 aromatic rings. The quantitative estimate of drug-likeness (QED) is 0.861. The van der Waals surface area contributed by atoms with Crippen LogP contribution in [0.15, 0.2) is 42.5 Å². The molecule has 3 heteroatoms. The van der Waals surface area contributed by atoms with Gasteiger partial charge in [-0.2, -0.15) is 0 Å². The van der Waals surface area contributed by atoms with E-state index in [4.69, 9.17) is 4.74 Å². The first-order valence-corrected chi connectivity index (χ1v) is 8.08. The third-order valence-electron chi connectivity index (χ3n) is 4.35. The zero-order valence-electron chi connectivity index (χ0n) is 13.3. The molecule has 1 amide bonds. The van der Waals surface area contributed by atoms with Crippen molar-refractivity contribution in [1.82, 2.24) is 4.90 Å². The molecule has 1 aliphatic rings. The van der Waals surface area contributed by atoms with E-state index in [1.165, 1.54) is 11.8 Å². The van der Waals surface area contributed by atoms with Crippen molar-refractivity contribution >= 4 is 16.7 Å². The molecule has 22 heavy (non-hydrogen) atoms. The van der Waals surface area contributed by atoms with Gasteiger partial charge in [0, 0.05) is 13.1 Å². The maximum absolute atomic E-state index is 12.5. The fourth-order valence-corrected chi connectivity index (χ4v) is 3.14. The summed E-state index contributed by atoms with van der Waals surface area (Å²) in [6, 6.07) is 14.1. The zero-order chi connectivity index (χ0) is 15.5. The summed E-state index contributed by atoms with van der Waals surface area (Å²) < 4.78 is 5.88. The predicted molar refractivity (Wildman–Crippen MR) is 89.0 cm³/mol. The van der Waals surface area contributed by atoms with Crippen LogP contribution in [0.3, 0.4) is 0 Å². The van der Waals surface area contributed by atoms with Crippen LogP contribution in [0.5, 0.6) is 5.75 Å². The molecule has 0 saturated carbocycles. The van der Waals surface area contributed by atoms with E-state index in [-0.39, 0.29) is 5.91 Å². The van der Waals surface area contributed by atoms with Crippen molar-refractivity contribution < 1.29 is 9.53 Å². The number of nitrogens with zero attached hydrogens (tertiary/aromatic N) is 1. The van der Waals surface area contributed by atoms with Crippen molar-refractivity contribution in [2.24, 2.45) is 5.92 Å². The van der Waals surface area contributed by atoms with E-state index in [1.54, 1.807) is 0 Å². The second-order valence-corrected chi connectivity index (χ2v) is 6.30. The van der Waals surface area contributed by atoms with Gasteiger partial charge in [-0.3, -0.25) is 4.79 Å². The summed E-state index contributed by atoms with van der Waals surface area (Å²) in [7, 11) is 0. The Bertz CT molecular complexity index is 667. The molecule has 0 aromatic heterocycles. The van der Waals surface area contributed by atoms with Crippen molar-refractivity contribution in [2.45, 2.75) is 32.8 Å². The zero-order valence-corrected chi connectivity index (χ0v) is 13.3. The van der Waals surface area contributed by atoms with Crippen LogP contribution >= 0.6 is 0 Å². The molecule has 116 valence electrons. The van der Waals surface area contributed by atoms with Gasteiger partial charge in [-0.15, -0.1) is 0 Å². The number of hydrogen-bond donors (Lipinski definition) is 0. The highest BCUT2D eigenvalue weighted by molar-refractivity contribution is 5.84. The van der Waals surface area contributed by atoms with Gasteiger partial charge in [0.2, 0.25) is 0 Å². The molecule has 0 spiro atoms. The number of benzene rings is 2. The van der Waals surface area contributed by atoms with Crippen LogP contribution in [-0.2, 0) is 4.79 Å². The van der Waals surface area contributed by atoms with E-state index in [2.05, 4.69) is 19.1 Å². The minimum absolute atomic E-state index is 0.0970. The third kappa shape index (κ3) is 3.24. The SMILES string of the molecule is C[C@@H]1CCCN(C(=O)[C@H](C)Oc2ccc3ccccc3c2)C1. The van der Waals surface area contributed by atoms with Crippen LogP contribution in [-0.4, -0.2) is 30.0 Å². The number of piperidine rings is 1. The lowest BCUT2D eigenvalue weighted by Gasteiger charge is -2.32. The minimum Gasteiger partial charge on any atom is -0.481 e. The third-order valence-corrected chi connectivity index (χ3v) is 4.35. The van der Waals surface area contributed by atoms with Crippen molar-refractivity contribution in [3.63, 3.8) is 0 Å². The Balaban J connectivity index is 1.69. The van der Waals surface area contributed by atoms with Crippen LogP contribution in [0.1, 0.15) is 26.7 Å². The number of amides is 1. The van der Waals surface area contributed by atoms with Crippen LogP contribution < -0.4 is 4.74 Å². The standard InChI is InChI=1S/C19H23NO2/c1-14-6-5-11-20(13-14)19(21)15(2)22-18-10-9-16-7-3-4-8-17(16)12-18/h3-4,7-10,12,14-15H,5-6,11,13H2,1-2H3/t14-,15+/m1/s1. The molecule has 0 N–H and O–H groups in total. The van der Waals surface area contributed by atoms with Crippen LogP contribution in [0.2, 0.25) is 0 Å². The fourth-order valence-electron chi connectivity index (χ4n) is 3.14. The molecule has 0 bridgehead atoms. The summed E-state index contributed by atoms with van der Waals surface area (Å²) in [6.07, 6.45) is 1.87. The van der Waals surface area contributed by atoms with Crippen molar-refractivity contribution in [1.29, 1.82) is 0 Å². The normalized spacial score (nSPS) is 19.9. The highest BCUT2D eigenvalue weighted by Gasteiger charge is 2.26. The van der Waals surface area contributed by atoms with Gasteiger partial charge < -0.3 is 9.64 Å². The Hall–Kier alpha value is -2.03. The Kier molecular flexibility index (Phi) is 4.32. The van der Waals surface area contributed by atoms with E-state index < -0.39 is 6.10 Å². The molecule has 0 aliphatic carbocycles. The first kappa shape index (κ1) is 14.9. The molecule has 1 fully saturated rings. The summed E-state index contributed by atoms with van der Waals surface area (Å²) in [5.41, 5.74) is 0. The predicted octanol–water partition coefficient (Wildman–Crippen LogP) is 3.87. The smallest absolute Gasteiger partial charge is 0.263 e. The van der Waals surface area contributed by atoms with Crippen LogP contribution in [0, 0.1) is 5.92 Å². The summed E-state index contributed by atoms with van der Waals surface area (Å²) in [5.74, 6) is 1.44. The van der Waals surface area contributed by atoms with E-state index in [9.17, 15) is 4.79 Å². The number of hydrogen-bond acceptors (Lipinski definition) is 2. The van der Waals surface area contributed by atoms with Crippen molar-refractivity contribution in [3.8, 4) is 5.75 Å². The number of likely N-dealkylation sites (tertiary alicyclic amines) is 1. The van der Waals surface area contributed by atoms with Gasteiger partial charge in [0.15, 0.2) is 6.10 Å². The lowest BCUT2D eigenvalue weighted by Crippen LogP contribution is -2.45. The van der Waals surface area contributed by atoms with Crippen molar-refractivity contribution in [3.05, 3.63) is 42.5 Å². The van der Waals surface area contributed by atoms with Gasteiger partial charge in [-0.25, -0.2) is 0 Å². The molecular formula is C19H23NO2. The molecule has 3 rings (SSSR count). The average Bonchev–Trinajstić information content (AvgIpc) is 2.54. The second kappa shape index (κ2) is 6.39. The van der Waals surface area contributed by atoms with E-state index in [0.29, 0.717) is 5.92 Å². The first-order chi connectivity index (χ1) is 10.6. The lowest BCUT2D eigenvalue weighted by atomic mass is 10.00. The number of ether oxygens (including phenoxy) is 1. The molecular weight excluding hydrogens is 274 g/mol. The number of fused-ring (bicyclic) bond motifs is 1. The topological polar surface area (TPSA) is 29.5 Å². The molecule has 1 heterocycles. The van der Waals surface area contributed by atoms with Gasteiger partial charge in [0.25, 0.3) is 5.91 Å². The fraction of sp³-hybridized carbons (Fsp3) is 0.421. The molecule has 0 unspecified atom stereocenters. The van der Waals surface area contributed by atoms with E-state index in [0.717, 1.165) is 30.6 Å². The summed E-state index contributed by atoms with van der Waals surface area (Å²) in [5, 5.41) is 2.31. The number of carbonyl (C=O) groups excluding carboxylic acids is 1. The van der Waals surface area contributed by atoms with Crippen molar-refractivity contribution in [2.75, 3.05) is 13.1 Å². The Morgan fingerprint density at radius 2 is 2.00 bits per heavy atom. The van der Waals surface area contributed by atoms with Crippen LogP contribution in [0.4, 0.5) is 0 Å². The highest BCUT2D eigenvalue weighted by Crippen LogP contribution is 2.22. The van der Waals surface area contributed by atoms with E-state index >= 15 is 0 Å². The van der Waals surface area contributed by atoms with Gasteiger partial charge in [0.1, 0.15) is 5.75 Å². The monoisotopic (exact) mass is 297 g/mol. The Labute approximate surface area is 131 Å². The summed E-state index contributed by atoms with van der Waals surface area (Å²) >= 11 is 0. The maximum atomic E-state index is 12.5. The second-order valence-electron chi connectivity index (χ2n) is 6.30. The van der Waals surface area contributed by atoms with Gasteiger partial charge in [-0.05, 0) is 48.6 Å². The molecule has 2 aromatic carbocycles. The Morgan fingerprint density at radius 1 is 1.23 bits per heavy atom. The molecule has 1 aliphatic heterocycles. The van der Waals surface area contributed by atoms with Gasteiger partial charge >= 0.3 is 0 Å². The maximum Gasteiger partial charge on any atom is 0.263 e. The molecule has 2 atom stereocenters. The average molecular weight is 297 g/mol. The summed E-state index contributed by atoms with van der Waals surface area (Å²) in [4.78, 5) is 14.5. The number of rotatable bonds is 3. The van der Waals surface area contributed by atoms with Gasteiger partial charge in [-0.1, -0.05) is 37.3 Å². The van der Waals surface area contributed by atoms with Gasteiger partial charge in [0.05, 0.1) is 0 Å². The largest absolute Gasteiger partial charge is 0.481 e. The molecule has 1 saturated heterocycles. The Morgan fingerprint density at radius 3 is 2.77 bits per heavy atom. The first-order valence-electron chi connectivity index (χ1n) is 8.08. The highest BCUT2D eigenvalue weighted by atomic mass is 16.5.